The molecule has 4 saturated carbocycles. The molecule has 25 heavy (non-hydrogen) atoms. The van der Waals surface area contributed by atoms with E-state index in [4.69, 9.17) is 0 Å². The third-order valence-corrected chi connectivity index (χ3v) is 8.67. The van der Waals surface area contributed by atoms with Crippen LogP contribution in [-0.2, 0) is 4.79 Å². The van der Waals surface area contributed by atoms with Crippen molar-refractivity contribution in [2.75, 3.05) is 7.05 Å². The van der Waals surface area contributed by atoms with Gasteiger partial charge in [0.2, 0.25) is 0 Å². The van der Waals surface area contributed by atoms with Crippen LogP contribution < -0.4 is 0 Å². The molecule has 0 spiro atoms. The highest BCUT2D eigenvalue weighted by Gasteiger charge is 2.66. The van der Waals surface area contributed by atoms with Crippen molar-refractivity contribution in [1.29, 1.82) is 0 Å². The predicted molar refractivity (Wildman–Crippen MR) is 96.4 cm³/mol. The molecule has 4 aliphatic carbocycles. The molecule has 0 aromatic heterocycles. The standard InChI is InChI=1S/C21H30FNO2/c1-12-9-14-15(6-7-19(2)16(14)10-17(22)18(19)24)20(3)8-5-13(23-4)11-21(12,20)25/h14-17,25H,1,5-11H2,2-4H3/t14?,15?,16?,17?,19?,20?,21-/m0/s1. The summed E-state index contributed by atoms with van der Waals surface area (Å²) in [5, 5.41) is 11.6. The van der Waals surface area contributed by atoms with Crippen molar-refractivity contribution in [1.82, 2.24) is 0 Å². The minimum absolute atomic E-state index is 0.0908. The molecule has 0 radical (unpaired) electrons. The van der Waals surface area contributed by atoms with Gasteiger partial charge in [-0.15, -0.1) is 0 Å². The Kier molecular flexibility index (Phi) is 3.65. The number of aliphatic imine (C=N–C) groups is 1. The first-order chi connectivity index (χ1) is 11.7. The highest BCUT2D eigenvalue weighted by molar-refractivity contribution is 5.91. The van der Waals surface area contributed by atoms with Gasteiger partial charge in [0.25, 0.3) is 0 Å². The van der Waals surface area contributed by atoms with Gasteiger partial charge in [-0.05, 0) is 61.9 Å². The fourth-order valence-electron chi connectivity index (χ4n) is 6.97. The zero-order chi connectivity index (χ0) is 18.2. The first kappa shape index (κ1) is 17.4. The average Bonchev–Trinajstić information content (AvgIpc) is 2.81. The Morgan fingerprint density at radius 2 is 2.00 bits per heavy atom. The van der Waals surface area contributed by atoms with Crippen molar-refractivity contribution < 1.29 is 14.3 Å². The molecule has 138 valence electrons. The van der Waals surface area contributed by atoms with E-state index >= 15 is 0 Å². The predicted octanol–water partition coefficient (Wildman–Crippen LogP) is 3.90. The number of alkyl halides is 1. The van der Waals surface area contributed by atoms with E-state index in [1.807, 2.05) is 6.92 Å². The van der Waals surface area contributed by atoms with E-state index in [-0.39, 0.29) is 23.0 Å². The number of rotatable bonds is 0. The lowest BCUT2D eigenvalue weighted by atomic mass is 9.43. The summed E-state index contributed by atoms with van der Waals surface area (Å²) < 4.78 is 14.3. The largest absolute Gasteiger partial charge is 0.385 e. The summed E-state index contributed by atoms with van der Waals surface area (Å²) in [6.07, 6.45) is 3.82. The first-order valence-electron chi connectivity index (χ1n) is 9.71. The van der Waals surface area contributed by atoms with Gasteiger partial charge >= 0.3 is 0 Å². The summed E-state index contributed by atoms with van der Waals surface area (Å²) in [7, 11) is 1.80. The Morgan fingerprint density at radius 3 is 2.68 bits per heavy atom. The molecule has 0 aliphatic heterocycles. The smallest absolute Gasteiger partial charge is 0.173 e. The molecule has 4 aliphatic rings. The Labute approximate surface area is 149 Å². The van der Waals surface area contributed by atoms with Gasteiger partial charge in [-0.3, -0.25) is 9.79 Å². The number of ketones is 1. The third kappa shape index (κ3) is 2.01. The van der Waals surface area contributed by atoms with Gasteiger partial charge in [0.05, 0.1) is 5.60 Å². The fourth-order valence-corrected chi connectivity index (χ4v) is 6.97. The molecule has 0 saturated heterocycles. The maximum atomic E-state index is 14.3. The van der Waals surface area contributed by atoms with E-state index in [0.29, 0.717) is 25.2 Å². The number of halogens is 1. The molecule has 0 aromatic rings. The zero-order valence-corrected chi connectivity index (χ0v) is 15.6. The van der Waals surface area contributed by atoms with Crippen molar-refractivity contribution in [2.45, 2.75) is 70.6 Å². The van der Waals surface area contributed by atoms with E-state index in [2.05, 4.69) is 18.5 Å². The van der Waals surface area contributed by atoms with Gasteiger partial charge in [0.1, 0.15) is 0 Å². The highest BCUT2D eigenvalue weighted by atomic mass is 19.1. The average molecular weight is 347 g/mol. The second kappa shape index (κ2) is 5.25. The van der Waals surface area contributed by atoms with Gasteiger partial charge in [-0.2, -0.15) is 0 Å². The summed E-state index contributed by atoms with van der Waals surface area (Å²) in [6, 6.07) is 0. The van der Waals surface area contributed by atoms with Crippen LogP contribution in [0.4, 0.5) is 4.39 Å². The summed E-state index contributed by atoms with van der Waals surface area (Å²) in [4.78, 5) is 16.8. The molecule has 4 rings (SSSR count). The SMILES string of the molecule is C=C1CC2C3CC(F)C(=O)C3(C)CCC2C2(C)CCC(=NC)C[C@]12O. The molecule has 4 heteroatoms. The lowest BCUT2D eigenvalue weighted by Crippen LogP contribution is -2.63. The lowest BCUT2D eigenvalue weighted by molar-refractivity contribution is -0.161. The number of fused-ring (bicyclic) bond motifs is 5. The van der Waals surface area contributed by atoms with E-state index in [0.717, 1.165) is 37.0 Å². The molecule has 1 N–H and O–H groups in total. The number of hydrogen-bond acceptors (Lipinski definition) is 3. The van der Waals surface area contributed by atoms with E-state index in [1.54, 1.807) is 7.05 Å². The van der Waals surface area contributed by atoms with Crippen LogP contribution in [0.15, 0.2) is 17.1 Å². The number of carbonyl (C=O) groups excluding carboxylic acids is 1. The molecule has 4 fully saturated rings. The Balaban J connectivity index is 1.74. The minimum atomic E-state index is -1.30. The molecular weight excluding hydrogens is 317 g/mol. The monoisotopic (exact) mass is 347 g/mol. The maximum absolute atomic E-state index is 14.3. The quantitative estimate of drug-likeness (QED) is 0.676. The van der Waals surface area contributed by atoms with Crippen LogP contribution in [0.25, 0.3) is 0 Å². The van der Waals surface area contributed by atoms with Crippen LogP contribution in [0, 0.1) is 28.6 Å². The Morgan fingerprint density at radius 1 is 1.28 bits per heavy atom. The van der Waals surface area contributed by atoms with Gasteiger partial charge < -0.3 is 5.11 Å². The van der Waals surface area contributed by atoms with Gasteiger partial charge in [0.15, 0.2) is 12.0 Å². The number of carbonyl (C=O) groups is 1. The Hall–Kier alpha value is -1.03. The normalized spacial score (nSPS) is 54.2. The second-order valence-corrected chi connectivity index (χ2v) is 9.45. The zero-order valence-electron chi connectivity index (χ0n) is 15.6. The summed E-state index contributed by atoms with van der Waals surface area (Å²) in [5.41, 5.74) is 0.264. The fraction of sp³-hybridized carbons (Fsp3) is 0.810. The summed E-state index contributed by atoms with van der Waals surface area (Å²) in [6.45, 7) is 8.45. The molecule has 0 bridgehead atoms. The van der Waals surface area contributed by atoms with Crippen LogP contribution in [0.1, 0.15) is 58.8 Å². The molecule has 3 nitrogen and oxygen atoms in total. The topological polar surface area (TPSA) is 49.7 Å². The molecule has 0 heterocycles. The summed E-state index contributed by atoms with van der Waals surface area (Å²) in [5.74, 6) is 0.503. The number of hydrogen-bond donors (Lipinski definition) is 1. The van der Waals surface area contributed by atoms with Gasteiger partial charge in [-0.25, -0.2) is 4.39 Å². The van der Waals surface area contributed by atoms with E-state index < -0.39 is 17.2 Å². The van der Waals surface area contributed by atoms with Crippen LogP contribution in [0.5, 0.6) is 0 Å². The van der Waals surface area contributed by atoms with Crippen LogP contribution >= 0.6 is 0 Å². The van der Waals surface area contributed by atoms with Crippen molar-refractivity contribution in [3.63, 3.8) is 0 Å². The molecule has 0 aromatic carbocycles. The third-order valence-electron chi connectivity index (χ3n) is 8.67. The van der Waals surface area contributed by atoms with E-state index in [1.165, 1.54) is 0 Å². The molecule has 6 unspecified atom stereocenters. The van der Waals surface area contributed by atoms with Crippen molar-refractivity contribution in [2.24, 2.45) is 33.6 Å². The Bertz CT molecular complexity index is 673. The van der Waals surface area contributed by atoms with Crippen LogP contribution in [0.2, 0.25) is 0 Å². The minimum Gasteiger partial charge on any atom is -0.385 e. The lowest BCUT2D eigenvalue weighted by Gasteiger charge is -2.63. The first-order valence-corrected chi connectivity index (χ1v) is 9.71. The van der Waals surface area contributed by atoms with Crippen LogP contribution in [0.3, 0.4) is 0 Å². The van der Waals surface area contributed by atoms with Crippen molar-refractivity contribution in [3.05, 3.63) is 12.2 Å². The van der Waals surface area contributed by atoms with E-state index in [9.17, 15) is 14.3 Å². The van der Waals surface area contributed by atoms with Crippen LogP contribution in [-0.4, -0.2) is 35.4 Å². The summed E-state index contributed by atoms with van der Waals surface area (Å²) >= 11 is 0. The number of nitrogens with zero attached hydrogens (tertiary/aromatic N) is 1. The van der Waals surface area contributed by atoms with Gasteiger partial charge in [-0.1, -0.05) is 20.4 Å². The highest BCUT2D eigenvalue weighted by Crippen LogP contribution is 2.67. The van der Waals surface area contributed by atoms with Gasteiger partial charge in [0, 0.05) is 30.0 Å². The number of Topliss-reactive ketones (excluding diaryl/α,β-unsaturated/α-hetero) is 1. The molecule has 7 atom stereocenters. The second-order valence-electron chi connectivity index (χ2n) is 9.45. The maximum Gasteiger partial charge on any atom is 0.173 e. The van der Waals surface area contributed by atoms with Crippen molar-refractivity contribution in [3.8, 4) is 0 Å². The molecule has 0 amide bonds. The number of aliphatic hydroxyl groups is 1. The van der Waals surface area contributed by atoms with Crippen molar-refractivity contribution >= 4 is 11.5 Å². The molecular formula is C21H30FNO2.